The minimum absolute atomic E-state index is 0.0840. The molecule has 3 fully saturated rings. The van der Waals surface area contributed by atoms with Gasteiger partial charge in [-0.2, -0.15) is 0 Å². The van der Waals surface area contributed by atoms with Gasteiger partial charge in [-0.05, 0) is 49.9 Å². The maximum absolute atomic E-state index is 12.2. The van der Waals surface area contributed by atoms with Crippen molar-refractivity contribution in [3.8, 4) is 0 Å². The van der Waals surface area contributed by atoms with E-state index >= 15 is 0 Å². The van der Waals surface area contributed by atoms with E-state index in [-0.39, 0.29) is 17.9 Å². The second kappa shape index (κ2) is 5.74. The third-order valence-electron chi connectivity index (χ3n) is 5.76. The Morgan fingerprint density at radius 3 is 2.50 bits per heavy atom. The molecule has 2 N–H and O–H groups in total. The lowest BCUT2D eigenvalue weighted by molar-refractivity contribution is -0.144. The van der Waals surface area contributed by atoms with Gasteiger partial charge < -0.3 is 10.4 Å². The van der Waals surface area contributed by atoms with Gasteiger partial charge in [-0.15, -0.1) is 0 Å². The first-order valence-corrected chi connectivity index (χ1v) is 8.15. The summed E-state index contributed by atoms with van der Waals surface area (Å²) in [4.78, 5) is 23.5. The van der Waals surface area contributed by atoms with Crippen molar-refractivity contribution < 1.29 is 14.7 Å². The summed E-state index contributed by atoms with van der Waals surface area (Å²) in [5, 5.41) is 12.3. The molecule has 1 amide bonds. The average Bonchev–Trinajstić information content (AvgIpc) is 3.01. The van der Waals surface area contributed by atoms with Gasteiger partial charge in [-0.1, -0.05) is 19.3 Å². The summed E-state index contributed by atoms with van der Waals surface area (Å²) in [6.07, 6.45) is 9.32. The second-order valence-corrected chi connectivity index (χ2v) is 7.04. The highest BCUT2D eigenvalue weighted by Gasteiger charge is 2.40. The minimum Gasteiger partial charge on any atom is -0.481 e. The lowest BCUT2D eigenvalue weighted by Gasteiger charge is -2.30. The van der Waals surface area contributed by atoms with Crippen molar-refractivity contribution in [3.63, 3.8) is 0 Å². The van der Waals surface area contributed by atoms with Crippen LogP contribution in [0.15, 0.2) is 0 Å². The Labute approximate surface area is 120 Å². The maximum atomic E-state index is 12.2. The SMILES string of the molecule is O=C(CC1CC2CCC1C2)NC1CCCCC1C(=O)O. The van der Waals surface area contributed by atoms with Gasteiger partial charge in [0, 0.05) is 12.5 Å². The van der Waals surface area contributed by atoms with Gasteiger partial charge in [0.2, 0.25) is 5.91 Å². The van der Waals surface area contributed by atoms with E-state index in [0.717, 1.165) is 31.1 Å². The molecule has 3 rings (SSSR count). The number of carboxylic acid groups (broad SMARTS) is 1. The van der Waals surface area contributed by atoms with Crippen LogP contribution in [0.25, 0.3) is 0 Å². The Bertz CT molecular complexity index is 395. The van der Waals surface area contributed by atoms with Gasteiger partial charge >= 0.3 is 5.97 Å². The highest BCUT2D eigenvalue weighted by atomic mass is 16.4. The molecule has 0 aliphatic heterocycles. The zero-order valence-corrected chi connectivity index (χ0v) is 12.0. The Hall–Kier alpha value is -1.06. The Morgan fingerprint density at radius 1 is 1.05 bits per heavy atom. The number of hydrogen-bond acceptors (Lipinski definition) is 2. The lowest BCUT2D eigenvalue weighted by Crippen LogP contribution is -2.45. The topological polar surface area (TPSA) is 66.4 Å². The monoisotopic (exact) mass is 279 g/mol. The molecule has 0 saturated heterocycles. The smallest absolute Gasteiger partial charge is 0.308 e. The first-order valence-electron chi connectivity index (χ1n) is 8.15. The molecule has 0 heterocycles. The molecule has 20 heavy (non-hydrogen) atoms. The van der Waals surface area contributed by atoms with Crippen LogP contribution < -0.4 is 5.32 Å². The van der Waals surface area contributed by atoms with Crippen molar-refractivity contribution in [2.45, 2.75) is 63.8 Å². The third kappa shape index (κ3) is 2.84. The van der Waals surface area contributed by atoms with Crippen LogP contribution in [0.4, 0.5) is 0 Å². The van der Waals surface area contributed by atoms with E-state index < -0.39 is 5.97 Å². The summed E-state index contributed by atoms with van der Waals surface area (Å²) in [5.41, 5.74) is 0. The number of fused-ring (bicyclic) bond motifs is 2. The van der Waals surface area contributed by atoms with Crippen LogP contribution in [-0.4, -0.2) is 23.0 Å². The van der Waals surface area contributed by atoms with E-state index in [9.17, 15) is 14.7 Å². The molecule has 2 bridgehead atoms. The predicted molar refractivity (Wildman–Crippen MR) is 75.1 cm³/mol. The van der Waals surface area contributed by atoms with Gasteiger partial charge in [-0.3, -0.25) is 9.59 Å². The van der Waals surface area contributed by atoms with E-state index in [4.69, 9.17) is 0 Å². The Kier molecular flexibility index (Phi) is 3.99. The molecule has 0 aromatic rings. The number of nitrogens with one attached hydrogen (secondary N) is 1. The molecule has 0 radical (unpaired) electrons. The number of amides is 1. The third-order valence-corrected chi connectivity index (χ3v) is 5.76. The average molecular weight is 279 g/mol. The summed E-state index contributed by atoms with van der Waals surface area (Å²) >= 11 is 0. The van der Waals surface area contributed by atoms with Crippen LogP contribution in [0.2, 0.25) is 0 Å². The first kappa shape index (κ1) is 13.9. The summed E-state index contributed by atoms with van der Waals surface area (Å²) in [7, 11) is 0. The number of hydrogen-bond donors (Lipinski definition) is 2. The molecule has 3 saturated carbocycles. The van der Waals surface area contributed by atoms with Crippen molar-refractivity contribution >= 4 is 11.9 Å². The number of rotatable bonds is 4. The molecular weight excluding hydrogens is 254 g/mol. The highest BCUT2D eigenvalue weighted by molar-refractivity contribution is 5.78. The van der Waals surface area contributed by atoms with Crippen LogP contribution in [0.1, 0.15) is 57.8 Å². The van der Waals surface area contributed by atoms with Gasteiger partial charge in [-0.25, -0.2) is 0 Å². The van der Waals surface area contributed by atoms with E-state index in [1.165, 1.54) is 25.7 Å². The fourth-order valence-corrected chi connectivity index (χ4v) is 4.73. The fraction of sp³-hybridized carbons (Fsp3) is 0.875. The molecule has 0 aromatic heterocycles. The van der Waals surface area contributed by atoms with Crippen molar-refractivity contribution in [3.05, 3.63) is 0 Å². The zero-order chi connectivity index (χ0) is 14.1. The molecule has 112 valence electrons. The predicted octanol–water partition coefficient (Wildman–Crippen LogP) is 2.57. The minimum atomic E-state index is -0.755. The molecule has 5 atom stereocenters. The van der Waals surface area contributed by atoms with Crippen LogP contribution in [0, 0.1) is 23.7 Å². The van der Waals surface area contributed by atoms with Crippen LogP contribution in [-0.2, 0) is 9.59 Å². The van der Waals surface area contributed by atoms with Crippen molar-refractivity contribution in [2.75, 3.05) is 0 Å². The summed E-state index contributed by atoms with van der Waals surface area (Å²) in [6, 6.07) is -0.146. The summed E-state index contributed by atoms with van der Waals surface area (Å²) < 4.78 is 0. The molecule has 0 spiro atoms. The molecule has 4 nitrogen and oxygen atoms in total. The first-order chi connectivity index (χ1) is 9.63. The quantitative estimate of drug-likeness (QED) is 0.831. The summed E-state index contributed by atoms with van der Waals surface area (Å²) in [5.74, 6) is 1.12. The molecule has 3 aliphatic rings. The molecule has 3 aliphatic carbocycles. The van der Waals surface area contributed by atoms with E-state index in [2.05, 4.69) is 5.32 Å². The molecular formula is C16H25NO3. The maximum Gasteiger partial charge on any atom is 0.308 e. The largest absolute Gasteiger partial charge is 0.481 e. The Balaban J connectivity index is 1.51. The van der Waals surface area contributed by atoms with Gasteiger partial charge in [0.05, 0.1) is 5.92 Å². The fourth-order valence-electron chi connectivity index (χ4n) is 4.73. The normalized spacial score (nSPS) is 39.7. The van der Waals surface area contributed by atoms with Crippen molar-refractivity contribution in [1.29, 1.82) is 0 Å². The highest BCUT2D eigenvalue weighted by Crippen LogP contribution is 2.49. The summed E-state index contributed by atoms with van der Waals surface area (Å²) in [6.45, 7) is 0. The number of carboxylic acids is 1. The lowest BCUT2D eigenvalue weighted by atomic mass is 9.83. The van der Waals surface area contributed by atoms with Crippen molar-refractivity contribution in [2.24, 2.45) is 23.7 Å². The number of aliphatic carboxylic acids is 1. The molecule has 5 unspecified atom stereocenters. The van der Waals surface area contributed by atoms with Gasteiger partial charge in [0.1, 0.15) is 0 Å². The van der Waals surface area contributed by atoms with Gasteiger partial charge in [0.15, 0.2) is 0 Å². The van der Waals surface area contributed by atoms with Crippen molar-refractivity contribution in [1.82, 2.24) is 5.32 Å². The molecule has 4 heteroatoms. The number of carbonyl (C=O) groups excluding carboxylic acids is 1. The van der Waals surface area contributed by atoms with Gasteiger partial charge in [0.25, 0.3) is 0 Å². The molecule has 0 aromatic carbocycles. The number of carbonyl (C=O) groups is 2. The van der Waals surface area contributed by atoms with Crippen LogP contribution in [0.5, 0.6) is 0 Å². The van der Waals surface area contributed by atoms with E-state index in [1.54, 1.807) is 0 Å². The zero-order valence-electron chi connectivity index (χ0n) is 12.0. The van der Waals surface area contributed by atoms with Crippen LogP contribution >= 0.6 is 0 Å². The standard InChI is InChI=1S/C16H25NO3/c18-15(9-12-8-10-5-6-11(12)7-10)17-14-4-2-1-3-13(14)16(19)20/h10-14H,1-9H2,(H,17,18)(H,19,20). The Morgan fingerprint density at radius 2 is 1.85 bits per heavy atom. The van der Waals surface area contributed by atoms with E-state index in [0.29, 0.717) is 18.8 Å². The second-order valence-electron chi connectivity index (χ2n) is 7.04. The van der Waals surface area contributed by atoms with E-state index in [1.807, 2.05) is 0 Å². The van der Waals surface area contributed by atoms with Crippen LogP contribution in [0.3, 0.4) is 0 Å².